The van der Waals surface area contributed by atoms with Crippen LogP contribution in [0.2, 0.25) is 0 Å². The number of carbonyl (C=O) groups excluding carboxylic acids is 2. The van der Waals surface area contributed by atoms with Crippen LogP contribution >= 0.6 is 0 Å². The molecule has 0 bridgehead atoms. The molecule has 0 aliphatic rings. The van der Waals surface area contributed by atoms with Crippen LogP contribution in [0.5, 0.6) is 0 Å². The Morgan fingerprint density at radius 3 is 2.44 bits per heavy atom. The van der Waals surface area contributed by atoms with Crippen molar-refractivity contribution in [2.75, 3.05) is 16.4 Å². The van der Waals surface area contributed by atoms with Crippen LogP contribution in [0, 0.1) is 13.8 Å². The van der Waals surface area contributed by atoms with E-state index in [1.54, 1.807) is 18.2 Å². The summed E-state index contributed by atoms with van der Waals surface area (Å²) in [6, 6.07) is 14.8. The van der Waals surface area contributed by atoms with Gasteiger partial charge in [0, 0.05) is 11.4 Å². The Bertz CT molecular complexity index is 978. The number of rotatable bonds is 5. The monoisotopic (exact) mass is 364 g/mol. The summed E-state index contributed by atoms with van der Waals surface area (Å²) in [6.07, 6.45) is 0. The van der Waals surface area contributed by atoms with Gasteiger partial charge in [0.25, 0.3) is 5.91 Å². The molecule has 2 aromatic carbocycles. The summed E-state index contributed by atoms with van der Waals surface area (Å²) < 4.78 is 1.19. The van der Waals surface area contributed by atoms with E-state index < -0.39 is 5.91 Å². The molecule has 1 aromatic heterocycles. The van der Waals surface area contributed by atoms with Gasteiger partial charge < -0.3 is 16.4 Å². The second-order valence-corrected chi connectivity index (χ2v) is 6.16. The third-order valence-electron chi connectivity index (χ3n) is 4.01. The van der Waals surface area contributed by atoms with Crippen LogP contribution < -0.4 is 16.4 Å². The summed E-state index contributed by atoms with van der Waals surface area (Å²) in [4.78, 5) is 24.6. The van der Waals surface area contributed by atoms with Crippen molar-refractivity contribution in [2.24, 2.45) is 0 Å². The van der Waals surface area contributed by atoms with Gasteiger partial charge in [-0.2, -0.15) is 0 Å². The van der Waals surface area contributed by atoms with E-state index in [1.165, 1.54) is 4.68 Å². The van der Waals surface area contributed by atoms with Gasteiger partial charge in [-0.1, -0.05) is 41.1 Å². The molecule has 0 saturated carbocycles. The molecular formula is C19H20N6O2. The zero-order valence-electron chi connectivity index (χ0n) is 15.1. The number of aryl methyl sites for hydroxylation is 2. The summed E-state index contributed by atoms with van der Waals surface area (Å²) in [7, 11) is 0. The van der Waals surface area contributed by atoms with E-state index in [4.69, 9.17) is 5.73 Å². The maximum Gasteiger partial charge on any atom is 0.280 e. The van der Waals surface area contributed by atoms with Crippen LogP contribution in [0.25, 0.3) is 0 Å². The van der Waals surface area contributed by atoms with Gasteiger partial charge in [-0.15, -0.1) is 5.10 Å². The predicted octanol–water partition coefficient (Wildman–Crippen LogP) is 2.37. The molecule has 4 N–H and O–H groups in total. The first-order valence-electron chi connectivity index (χ1n) is 8.36. The maximum atomic E-state index is 12.4. The molecule has 2 amide bonds. The lowest BCUT2D eigenvalue weighted by atomic mass is 10.2. The van der Waals surface area contributed by atoms with Gasteiger partial charge >= 0.3 is 0 Å². The molecule has 1 heterocycles. The largest absolute Gasteiger partial charge is 0.382 e. The third kappa shape index (κ3) is 4.30. The van der Waals surface area contributed by atoms with Crippen molar-refractivity contribution < 1.29 is 9.59 Å². The Hall–Kier alpha value is -3.68. The minimum absolute atomic E-state index is 0.0265. The predicted molar refractivity (Wildman–Crippen MR) is 103 cm³/mol. The lowest BCUT2D eigenvalue weighted by molar-refractivity contribution is -0.116. The Kier molecular flexibility index (Phi) is 5.16. The standard InChI is InChI=1S/C19H20N6O2/c1-12-7-9-14(10-8-12)21-16(26)11-25-18(20)17(23-24-25)19(27)22-15-6-4-3-5-13(15)2/h3-10H,11,20H2,1-2H3,(H,21,26)(H,22,27). The maximum absolute atomic E-state index is 12.4. The number of para-hydroxylation sites is 1. The molecule has 8 nitrogen and oxygen atoms in total. The number of nitrogens with one attached hydrogen (secondary N) is 2. The summed E-state index contributed by atoms with van der Waals surface area (Å²) in [5.74, 6) is -0.770. The van der Waals surface area contributed by atoms with Gasteiger partial charge in [0.05, 0.1) is 0 Å². The van der Waals surface area contributed by atoms with Gasteiger partial charge in [0.2, 0.25) is 5.91 Å². The highest BCUT2D eigenvalue weighted by Crippen LogP contribution is 2.16. The van der Waals surface area contributed by atoms with Crippen LogP contribution in [-0.4, -0.2) is 26.8 Å². The zero-order valence-corrected chi connectivity index (χ0v) is 15.1. The van der Waals surface area contributed by atoms with Crippen LogP contribution in [0.1, 0.15) is 21.6 Å². The summed E-state index contributed by atoms with van der Waals surface area (Å²) in [6.45, 7) is 3.70. The van der Waals surface area contributed by atoms with Crippen molar-refractivity contribution in [3.05, 3.63) is 65.4 Å². The smallest absolute Gasteiger partial charge is 0.280 e. The van der Waals surface area contributed by atoms with Crippen molar-refractivity contribution in [3.8, 4) is 0 Å². The van der Waals surface area contributed by atoms with Gasteiger partial charge in [0.1, 0.15) is 6.54 Å². The van der Waals surface area contributed by atoms with E-state index in [0.717, 1.165) is 11.1 Å². The lowest BCUT2D eigenvalue weighted by Crippen LogP contribution is -2.21. The first kappa shape index (κ1) is 18.1. The van der Waals surface area contributed by atoms with Crippen molar-refractivity contribution in [2.45, 2.75) is 20.4 Å². The molecule has 8 heteroatoms. The molecule has 3 rings (SSSR count). The Morgan fingerprint density at radius 1 is 1.04 bits per heavy atom. The number of nitrogen functional groups attached to an aromatic ring is 1. The molecule has 0 aliphatic heterocycles. The Morgan fingerprint density at radius 2 is 1.74 bits per heavy atom. The van der Waals surface area contributed by atoms with Crippen LogP contribution in [0.3, 0.4) is 0 Å². The fraction of sp³-hybridized carbons (Fsp3) is 0.158. The van der Waals surface area contributed by atoms with Crippen molar-refractivity contribution >= 4 is 29.0 Å². The fourth-order valence-corrected chi connectivity index (χ4v) is 2.47. The normalized spacial score (nSPS) is 10.4. The van der Waals surface area contributed by atoms with E-state index in [0.29, 0.717) is 11.4 Å². The lowest BCUT2D eigenvalue weighted by Gasteiger charge is -2.08. The first-order valence-corrected chi connectivity index (χ1v) is 8.36. The first-order chi connectivity index (χ1) is 12.9. The fourth-order valence-electron chi connectivity index (χ4n) is 2.47. The van der Waals surface area contributed by atoms with Crippen LogP contribution in [-0.2, 0) is 11.3 Å². The molecule has 27 heavy (non-hydrogen) atoms. The highest BCUT2D eigenvalue weighted by atomic mass is 16.2. The highest BCUT2D eigenvalue weighted by molar-refractivity contribution is 6.06. The molecule has 0 saturated heterocycles. The average Bonchev–Trinajstić information content (AvgIpc) is 2.99. The Labute approximate surface area is 156 Å². The van der Waals surface area contributed by atoms with E-state index in [-0.39, 0.29) is 24.0 Å². The molecule has 0 fully saturated rings. The average molecular weight is 364 g/mol. The number of nitrogens with zero attached hydrogens (tertiary/aromatic N) is 3. The van der Waals surface area contributed by atoms with Gasteiger partial charge in [0.15, 0.2) is 11.5 Å². The quantitative estimate of drug-likeness (QED) is 0.643. The molecule has 0 atom stereocenters. The van der Waals surface area contributed by atoms with E-state index in [1.807, 2.05) is 44.2 Å². The van der Waals surface area contributed by atoms with E-state index in [9.17, 15) is 9.59 Å². The second-order valence-electron chi connectivity index (χ2n) is 6.16. The Balaban J connectivity index is 1.67. The summed E-state index contributed by atoms with van der Waals surface area (Å²) in [5.41, 5.74) is 9.26. The van der Waals surface area contributed by atoms with Gasteiger partial charge in [-0.3, -0.25) is 9.59 Å². The van der Waals surface area contributed by atoms with Gasteiger partial charge in [-0.05, 0) is 37.6 Å². The van der Waals surface area contributed by atoms with E-state index in [2.05, 4.69) is 20.9 Å². The number of benzene rings is 2. The molecular weight excluding hydrogens is 344 g/mol. The number of amides is 2. The number of nitrogens with two attached hydrogens (primary N) is 1. The highest BCUT2D eigenvalue weighted by Gasteiger charge is 2.19. The topological polar surface area (TPSA) is 115 Å². The second kappa shape index (κ2) is 7.69. The third-order valence-corrected chi connectivity index (χ3v) is 4.01. The number of aromatic nitrogens is 3. The van der Waals surface area contributed by atoms with E-state index >= 15 is 0 Å². The SMILES string of the molecule is Cc1ccc(NC(=O)Cn2nnc(C(=O)Nc3ccccc3C)c2N)cc1. The zero-order chi connectivity index (χ0) is 19.4. The number of hydrogen-bond donors (Lipinski definition) is 3. The van der Waals surface area contributed by atoms with Crippen molar-refractivity contribution in [3.63, 3.8) is 0 Å². The number of anilines is 3. The van der Waals surface area contributed by atoms with Crippen molar-refractivity contribution in [1.82, 2.24) is 15.0 Å². The van der Waals surface area contributed by atoms with Gasteiger partial charge in [-0.25, -0.2) is 4.68 Å². The molecule has 0 aliphatic carbocycles. The minimum atomic E-state index is -0.480. The molecule has 3 aromatic rings. The summed E-state index contributed by atoms with van der Waals surface area (Å²) in [5, 5.41) is 13.1. The molecule has 0 spiro atoms. The summed E-state index contributed by atoms with van der Waals surface area (Å²) >= 11 is 0. The minimum Gasteiger partial charge on any atom is -0.382 e. The van der Waals surface area contributed by atoms with Crippen molar-refractivity contribution in [1.29, 1.82) is 0 Å². The molecule has 0 radical (unpaired) electrons. The van der Waals surface area contributed by atoms with Crippen LogP contribution in [0.15, 0.2) is 48.5 Å². The molecule has 138 valence electrons. The number of hydrogen-bond acceptors (Lipinski definition) is 5. The number of carbonyl (C=O) groups is 2. The molecule has 0 unspecified atom stereocenters. The van der Waals surface area contributed by atoms with Crippen LogP contribution in [0.4, 0.5) is 17.2 Å².